The number of hydrogen-bond acceptors (Lipinski definition) is 7. The van der Waals surface area contributed by atoms with Crippen LogP contribution in [0.5, 0.6) is 11.5 Å². The van der Waals surface area contributed by atoms with Crippen LogP contribution in [-0.4, -0.2) is 33.8 Å². The van der Waals surface area contributed by atoms with Crippen LogP contribution in [0.1, 0.15) is 36.8 Å². The minimum absolute atomic E-state index is 0.0261. The third-order valence-corrected chi connectivity index (χ3v) is 5.40. The zero-order valence-electron chi connectivity index (χ0n) is 18.5. The lowest BCUT2D eigenvalue weighted by Crippen LogP contribution is -2.13. The van der Waals surface area contributed by atoms with Gasteiger partial charge in [0.1, 0.15) is 11.6 Å². The van der Waals surface area contributed by atoms with Gasteiger partial charge in [-0.05, 0) is 36.8 Å². The maximum absolute atomic E-state index is 13.3. The van der Waals surface area contributed by atoms with Crippen LogP contribution in [0.3, 0.4) is 0 Å². The number of ether oxygens (including phenoxy) is 2. The molecule has 33 heavy (non-hydrogen) atoms. The number of aryl methyl sites for hydroxylation is 1. The molecule has 4 rings (SSSR count). The van der Waals surface area contributed by atoms with Crippen LogP contribution in [0.2, 0.25) is 0 Å². The molecule has 0 amide bonds. The number of hydrogen-bond donors (Lipinski definition) is 2. The van der Waals surface area contributed by atoms with Gasteiger partial charge in [-0.2, -0.15) is 18.2 Å². The van der Waals surface area contributed by atoms with E-state index in [1.807, 2.05) is 11.3 Å². The van der Waals surface area contributed by atoms with Gasteiger partial charge in [-0.1, -0.05) is 6.92 Å². The van der Waals surface area contributed by atoms with Crippen molar-refractivity contribution < 1.29 is 22.6 Å². The Bertz CT molecular complexity index is 1340. The first-order valence-electron chi connectivity index (χ1n) is 10.2. The summed E-state index contributed by atoms with van der Waals surface area (Å²) in [5, 5.41) is 12.2. The zero-order valence-corrected chi connectivity index (χ0v) is 18.5. The second-order valence-electron chi connectivity index (χ2n) is 7.54. The average Bonchev–Trinajstić information content (AvgIpc) is 3.20. The third-order valence-electron chi connectivity index (χ3n) is 5.40. The maximum Gasteiger partial charge on any atom is 0.416 e. The smallest absolute Gasteiger partial charge is 0.416 e. The molecule has 11 heteroatoms. The molecule has 0 saturated heterocycles. The molecule has 0 fully saturated rings. The first kappa shape index (κ1) is 22.4. The van der Waals surface area contributed by atoms with Crippen LogP contribution in [0.15, 0.2) is 30.3 Å². The zero-order chi connectivity index (χ0) is 23.9. The van der Waals surface area contributed by atoms with Gasteiger partial charge in [0.15, 0.2) is 11.5 Å². The van der Waals surface area contributed by atoms with E-state index in [1.165, 1.54) is 20.3 Å². The second kappa shape index (κ2) is 8.30. The Balaban J connectivity index is 1.88. The average molecular weight is 460 g/mol. The fraction of sp³-hybridized carbons (Fsp3) is 0.318. The Morgan fingerprint density at radius 3 is 2.39 bits per heavy atom. The topological polar surface area (TPSA) is 99.6 Å². The number of nitrogen functional groups attached to an aromatic ring is 1. The number of fused-ring (bicyclic) bond motifs is 3. The standard InChI is InChI=1S/C22H23F3N6O2/c1-5-19-29-30-21-28-20(15-9-17(32-3)18(33-4)10-16(15)31(19)21)27-11(2)12-6-13(22(23,24)25)8-14(26)7-12/h6-11H,5,26H2,1-4H3,(H,27,28,30). The number of methoxy groups -OCH3 is 2. The van der Waals surface area contributed by atoms with E-state index in [-0.39, 0.29) is 5.69 Å². The number of benzene rings is 2. The molecule has 0 spiro atoms. The molecule has 0 radical (unpaired) electrons. The van der Waals surface area contributed by atoms with Crippen molar-refractivity contribution in [3.8, 4) is 11.5 Å². The molecule has 0 aliphatic rings. The van der Waals surface area contributed by atoms with Gasteiger partial charge < -0.3 is 20.5 Å². The number of rotatable bonds is 6. The van der Waals surface area contributed by atoms with Crippen LogP contribution in [-0.2, 0) is 12.6 Å². The highest BCUT2D eigenvalue weighted by atomic mass is 19.4. The van der Waals surface area contributed by atoms with E-state index < -0.39 is 17.8 Å². The van der Waals surface area contributed by atoms with Crippen molar-refractivity contribution in [1.82, 2.24) is 19.6 Å². The summed E-state index contributed by atoms with van der Waals surface area (Å²) in [7, 11) is 3.06. The number of nitrogens with two attached hydrogens (primary N) is 1. The van der Waals surface area contributed by atoms with Gasteiger partial charge in [-0.15, -0.1) is 10.2 Å². The van der Waals surface area contributed by atoms with E-state index in [9.17, 15) is 13.2 Å². The summed E-state index contributed by atoms with van der Waals surface area (Å²) in [6, 6.07) is 6.50. The lowest BCUT2D eigenvalue weighted by Gasteiger charge is -2.20. The van der Waals surface area contributed by atoms with E-state index >= 15 is 0 Å². The van der Waals surface area contributed by atoms with Gasteiger partial charge in [0.2, 0.25) is 0 Å². The Morgan fingerprint density at radius 1 is 1.06 bits per heavy atom. The third kappa shape index (κ3) is 4.06. The summed E-state index contributed by atoms with van der Waals surface area (Å²) in [6.45, 7) is 3.68. The molecule has 3 N–H and O–H groups in total. The molecular formula is C22H23F3N6O2. The molecule has 0 aliphatic carbocycles. The Kier molecular flexibility index (Phi) is 5.64. The molecular weight excluding hydrogens is 437 g/mol. The molecule has 4 aromatic rings. The second-order valence-corrected chi connectivity index (χ2v) is 7.54. The molecule has 8 nitrogen and oxygen atoms in total. The fourth-order valence-corrected chi connectivity index (χ4v) is 3.75. The van der Waals surface area contributed by atoms with Crippen LogP contribution in [0.25, 0.3) is 16.7 Å². The first-order valence-corrected chi connectivity index (χ1v) is 10.2. The monoisotopic (exact) mass is 460 g/mol. The molecule has 2 aromatic carbocycles. The predicted molar refractivity (Wildman–Crippen MR) is 119 cm³/mol. The summed E-state index contributed by atoms with van der Waals surface area (Å²) in [5.41, 5.74) is 6.05. The van der Waals surface area contributed by atoms with Gasteiger partial charge in [-0.3, -0.25) is 4.40 Å². The lowest BCUT2D eigenvalue weighted by atomic mass is 10.0. The minimum Gasteiger partial charge on any atom is -0.493 e. The van der Waals surface area contributed by atoms with Crippen molar-refractivity contribution in [2.45, 2.75) is 32.5 Å². The minimum atomic E-state index is -4.50. The Morgan fingerprint density at radius 2 is 1.76 bits per heavy atom. The molecule has 2 heterocycles. The normalized spacial score (nSPS) is 12.8. The van der Waals surface area contributed by atoms with Gasteiger partial charge in [-0.25, -0.2) is 0 Å². The van der Waals surface area contributed by atoms with E-state index in [2.05, 4.69) is 20.5 Å². The van der Waals surface area contributed by atoms with E-state index in [0.717, 1.165) is 17.6 Å². The molecule has 174 valence electrons. The summed E-state index contributed by atoms with van der Waals surface area (Å²) in [4.78, 5) is 4.59. The van der Waals surface area contributed by atoms with E-state index in [0.29, 0.717) is 46.3 Å². The van der Waals surface area contributed by atoms with Crippen molar-refractivity contribution in [1.29, 1.82) is 0 Å². The van der Waals surface area contributed by atoms with Crippen molar-refractivity contribution in [2.75, 3.05) is 25.3 Å². The van der Waals surface area contributed by atoms with Gasteiger partial charge in [0.25, 0.3) is 5.78 Å². The summed E-state index contributed by atoms with van der Waals surface area (Å²) < 4.78 is 52.6. The van der Waals surface area contributed by atoms with Gasteiger partial charge in [0.05, 0.1) is 31.3 Å². The largest absolute Gasteiger partial charge is 0.493 e. The number of anilines is 2. The number of aromatic nitrogens is 4. The predicted octanol–water partition coefficient (Wildman–Crippen LogP) is 4.63. The number of halogens is 3. The summed E-state index contributed by atoms with van der Waals surface area (Å²) in [5.74, 6) is 2.47. The van der Waals surface area contributed by atoms with Crippen LogP contribution < -0.4 is 20.5 Å². The molecule has 2 aromatic heterocycles. The van der Waals surface area contributed by atoms with Gasteiger partial charge in [0, 0.05) is 23.6 Å². The number of nitrogens with one attached hydrogen (secondary N) is 1. The van der Waals surface area contributed by atoms with Gasteiger partial charge >= 0.3 is 6.18 Å². The highest BCUT2D eigenvalue weighted by Gasteiger charge is 2.31. The first-order chi connectivity index (χ1) is 15.7. The molecule has 0 bridgehead atoms. The molecule has 0 saturated carbocycles. The molecule has 0 aliphatic heterocycles. The lowest BCUT2D eigenvalue weighted by molar-refractivity contribution is -0.137. The highest BCUT2D eigenvalue weighted by molar-refractivity contribution is 5.94. The van der Waals surface area contributed by atoms with E-state index in [4.69, 9.17) is 15.2 Å². The highest BCUT2D eigenvalue weighted by Crippen LogP contribution is 2.37. The van der Waals surface area contributed by atoms with Crippen molar-refractivity contribution in [3.63, 3.8) is 0 Å². The maximum atomic E-state index is 13.3. The van der Waals surface area contributed by atoms with Crippen LogP contribution >= 0.6 is 0 Å². The van der Waals surface area contributed by atoms with Crippen molar-refractivity contribution in [2.24, 2.45) is 0 Å². The molecule has 1 unspecified atom stereocenters. The summed E-state index contributed by atoms with van der Waals surface area (Å²) in [6.07, 6.45) is -3.88. The SMILES string of the molecule is CCc1nnc2nc(NC(C)c3cc(N)cc(C(F)(F)F)c3)c3cc(OC)c(OC)cc3n12. The van der Waals surface area contributed by atoms with E-state index in [1.54, 1.807) is 19.1 Å². The van der Waals surface area contributed by atoms with Crippen LogP contribution in [0.4, 0.5) is 24.7 Å². The number of nitrogens with zero attached hydrogens (tertiary/aromatic N) is 4. The van der Waals surface area contributed by atoms with Crippen molar-refractivity contribution >= 4 is 28.2 Å². The molecule has 1 atom stereocenters. The quantitative estimate of drug-likeness (QED) is 0.405. The Hall–Kier alpha value is -3.76. The van der Waals surface area contributed by atoms with Crippen molar-refractivity contribution in [3.05, 3.63) is 47.3 Å². The Labute approximate surface area is 187 Å². The number of alkyl halides is 3. The fourth-order valence-electron chi connectivity index (χ4n) is 3.75. The van der Waals surface area contributed by atoms with Crippen LogP contribution in [0, 0.1) is 0 Å². The summed E-state index contributed by atoms with van der Waals surface area (Å²) >= 11 is 0.